The van der Waals surface area contributed by atoms with E-state index >= 15 is 0 Å². The molecule has 0 saturated carbocycles. The molecule has 0 amide bonds. The number of nitrogens with zero attached hydrogens (tertiary/aromatic N) is 3. The summed E-state index contributed by atoms with van der Waals surface area (Å²) in [5.41, 5.74) is 3.38. The first-order valence-electron chi connectivity index (χ1n) is 7.59. The zero-order valence-electron chi connectivity index (χ0n) is 12.6. The van der Waals surface area contributed by atoms with E-state index < -0.39 is 0 Å². The van der Waals surface area contributed by atoms with E-state index in [1.807, 2.05) is 34.9 Å². The molecule has 0 radical (unpaired) electrons. The van der Waals surface area contributed by atoms with Crippen molar-refractivity contribution < 1.29 is 9.67 Å². The number of aliphatic hydroxyl groups excluding tert-OH is 1. The largest absolute Gasteiger partial charge is 0.363 e. The van der Waals surface area contributed by atoms with Crippen LogP contribution in [-0.2, 0) is 19.9 Å². The third-order valence-corrected chi connectivity index (χ3v) is 4.49. The Bertz CT molecular complexity index is 844. The number of rotatable bonds is 3. The maximum absolute atomic E-state index is 9.69. The predicted molar refractivity (Wildman–Crippen MR) is 89.8 cm³/mol. The van der Waals surface area contributed by atoms with Crippen LogP contribution in [0, 0.1) is 0 Å². The lowest BCUT2D eigenvalue weighted by Gasteiger charge is -2.25. The van der Waals surface area contributed by atoms with Gasteiger partial charge in [-0.05, 0) is 29.8 Å². The number of para-hydroxylation sites is 2. The van der Waals surface area contributed by atoms with Crippen LogP contribution in [0.25, 0.3) is 11.0 Å². The number of nitrogens with one attached hydrogen (secondary N) is 1. The summed E-state index contributed by atoms with van der Waals surface area (Å²) in [6.45, 7) is 2.32. The standard InChI is InChI=1S/C17H17ClN4O/c18-14-7-5-13(6-8-14)9-20-10-19-17-21(11-20)15-3-1-2-4-16(15)22(17)12-23/h1-8,23H,9-12H2/p+1. The first kappa shape index (κ1) is 14.5. The molecule has 5 nitrogen and oxygen atoms in total. The average Bonchev–Trinajstić information content (AvgIpc) is 2.90. The number of aromatic nitrogens is 2. The highest BCUT2D eigenvalue weighted by Gasteiger charge is 2.29. The van der Waals surface area contributed by atoms with Gasteiger partial charge >= 0.3 is 5.95 Å². The Hall–Kier alpha value is -2.08. The number of benzene rings is 2. The van der Waals surface area contributed by atoms with E-state index in [-0.39, 0.29) is 6.73 Å². The molecular formula is C17H18ClN4O+. The van der Waals surface area contributed by atoms with E-state index in [1.165, 1.54) is 5.56 Å². The van der Waals surface area contributed by atoms with Gasteiger partial charge in [0.25, 0.3) is 0 Å². The second kappa shape index (κ2) is 5.85. The SMILES string of the molecule is OCn1c2[n+](c3ccccc31)CN(Cc1ccc(Cl)cc1)CN2. The lowest BCUT2D eigenvalue weighted by molar-refractivity contribution is -0.684. The Morgan fingerprint density at radius 3 is 2.70 bits per heavy atom. The van der Waals surface area contributed by atoms with Gasteiger partial charge in [-0.2, -0.15) is 0 Å². The molecule has 0 atom stereocenters. The summed E-state index contributed by atoms with van der Waals surface area (Å²) in [6, 6.07) is 16.1. The van der Waals surface area contributed by atoms with E-state index in [2.05, 4.69) is 33.0 Å². The van der Waals surface area contributed by atoms with Crippen molar-refractivity contribution in [3.63, 3.8) is 0 Å². The minimum absolute atomic E-state index is 0.0347. The second-order valence-corrected chi connectivity index (χ2v) is 6.18. The van der Waals surface area contributed by atoms with E-state index in [1.54, 1.807) is 0 Å². The predicted octanol–water partition coefficient (Wildman–Crippen LogP) is 2.37. The lowest BCUT2D eigenvalue weighted by Crippen LogP contribution is -2.52. The number of hydrogen-bond acceptors (Lipinski definition) is 3. The van der Waals surface area contributed by atoms with Gasteiger partial charge in [0.2, 0.25) is 0 Å². The van der Waals surface area contributed by atoms with Crippen molar-refractivity contribution in [2.24, 2.45) is 0 Å². The Morgan fingerprint density at radius 1 is 1.13 bits per heavy atom. The van der Waals surface area contributed by atoms with Crippen molar-refractivity contribution in [2.75, 3.05) is 12.0 Å². The molecule has 1 aliphatic heterocycles. The van der Waals surface area contributed by atoms with Crippen LogP contribution in [0.2, 0.25) is 5.02 Å². The van der Waals surface area contributed by atoms with Crippen molar-refractivity contribution in [1.29, 1.82) is 0 Å². The van der Waals surface area contributed by atoms with E-state index in [0.717, 1.165) is 41.9 Å². The molecule has 0 aliphatic carbocycles. The van der Waals surface area contributed by atoms with Crippen LogP contribution in [-0.4, -0.2) is 21.2 Å². The van der Waals surface area contributed by atoms with E-state index in [0.29, 0.717) is 0 Å². The summed E-state index contributed by atoms with van der Waals surface area (Å²) >= 11 is 5.95. The van der Waals surface area contributed by atoms with Gasteiger partial charge in [-0.1, -0.05) is 35.9 Å². The summed E-state index contributed by atoms with van der Waals surface area (Å²) in [6.07, 6.45) is 0. The number of hydrogen-bond donors (Lipinski definition) is 2. The Balaban J connectivity index is 1.65. The molecule has 0 unspecified atom stereocenters. The third-order valence-electron chi connectivity index (χ3n) is 4.24. The lowest BCUT2D eigenvalue weighted by atomic mass is 10.2. The fourth-order valence-electron chi connectivity index (χ4n) is 3.16. The fourth-order valence-corrected chi connectivity index (χ4v) is 3.28. The van der Waals surface area contributed by atoms with Gasteiger partial charge in [0.1, 0.15) is 24.4 Å². The van der Waals surface area contributed by atoms with Gasteiger partial charge in [0.15, 0.2) is 6.73 Å². The maximum Gasteiger partial charge on any atom is 0.362 e. The van der Waals surface area contributed by atoms with Crippen molar-refractivity contribution in [2.45, 2.75) is 19.9 Å². The minimum atomic E-state index is -0.0347. The zero-order valence-corrected chi connectivity index (χ0v) is 13.4. The molecule has 23 heavy (non-hydrogen) atoms. The molecule has 2 aromatic carbocycles. The normalized spacial score (nSPS) is 14.7. The van der Waals surface area contributed by atoms with Gasteiger partial charge in [0, 0.05) is 11.6 Å². The summed E-state index contributed by atoms with van der Waals surface area (Å²) in [4.78, 5) is 2.31. The summed E-state index contributed by atoms with van der Waals surface area (Å²) in [5, 5.41) is 13.9. The maximum atomic E-state index is 9.69. The molecule has 0 fully saturated rings. The molecule has 1 aromatic heterocycles. The average molecular weight is 330 g/mol. The highest BCUT2D eigenvalue weighted by Crippen LogP contribution is 2.21. The van der Waals surface area contributed by atoms with Crippen LogP contribution >= 0.6 is 11.6 Å². The van der Waals surface area contributed by atoms with E-state index in [9.17, 15) is 5.11 Å². The first-order chi connectivity index (χ1) is 11.3. The van der Waals surface area contributed by atoms with Crippen LogP contribution in [0.3, 0.4) is 0 Å². The highest BCUT2D eigenvalue weighted by molar-refractivity contribution is 6.30. The van der Waals surface area contributed by atoms with Gasteiger partial charge in [0.05, 0.1) is 0 Å². The summed E-state index contributed by atoms with van der Waals surface area (Å²) in [5.74, 6) is 0.945. The van der Waals surface area contributed by atoms with Crippen molar-refractivity contribution >= 4 is 28.6 Å². The molecular weight excluding hydrogens is 312 g/mol. The monoisotopic (exact) mass is 329 g/mol. The molecule has 0 bridgehead atoms. The Morgan fingerprint density at radius 2 is 1.91 bits per heavy atom. The van der Waals surface area contributed by atoms with Gasteiger partial charge < -0.3 is 5.11 Å². The van der Waals surface area contributed by atoms with Gasteiger partial charge in [-0.25, -0.2) is 14.0 Å². The molecule has 1 aliphatic rings. The molecule has 118 valence electrons. The van der Waals surface area contributed by atoms with Gasteiger partial charge in [-0.15, -0.1) is 0 Å². The topological polar surface area (TPSA) is 44.3 Å². The Labute approximate surface area is 139 Å². The number of halogens is 1. The number of fused-ring (bicyclic) bond motifs is 3. The molecule has 0 saturated heterocycles. The smallest absolute Gasteiger partial charge is 0.362 e. The Kier molecular flexibility index (Phi) is 3.69. The number of imidazole rings is 1. The van der Waals surface area contributed by atoms with Crippen LogP contribution in [0.5, 0.6) is 0 Å². The number of aliphatic hydroxyl groups is 1. The molecule has 2 N–H and O–H groups in total. The van der Waals surface area contributed by atoms with Gasteiger partial charge in [-0.3, -0.25) is 5.32 Å². The van der Waals surface area contributed by atoms with Crippen LogP contribution in [0.1, 0.15) is 5.56 Å². The third kappa shape index (κ3) is 2.57. The van der Waals surface area contributed by atoms with Crippen LogP contribution < -0.4 is 9.88 Å². The summed E-state index contributed by atoms with van der Waals surface area (Å²) in [7, 11) is 0. The van der Waals surface area contributed by atoms with Crippen molar-refractivity contribution in [1.82, 2.24) is 9.47 Å². The molecule has 4 rings (SSSR count). The molecule has 6 heteroatoms. The van der Waals surface area contributed by atoms with Crippen LogP contribution in [0.15, 0.2) is 48.5 Å². The molecule has 3 aromatic rings. The molecule has 2 heterocycles. The van der Waals surface area contributed by atoms with Crippen molar-refractivity contribution in [3.8, 4) is 0 Å². The van der Waals surface area contributed by atoms with Crippen LogP contribution in [0.4, 0.5) is 5.95 Å². The quantitative estimate of drug-likeness (QED) is 0.725. The minimum Gasteiger partial charge on any atom is -0.363 e. The first-order valence-corrected chi connectivity index (χ1v) is 7.96. The summed E-state index contributed by atoms with van der Waals surface area (Å²) < 4.78 is 4.10. The van der Waals surface area contributed by atoms with Crippen molar-refractivity contribution in [3.05, 3.63) is 59.1 Å². The highest BCUT2D eigenvalue weighted by atomic mass is 35.5. The fraction of sp³-hybridized carbons (Fsp3) is 0.235. The number of anilines is 1. The molecule has 0 spiro atoms. The van der Waals surface area contributed by atoms with E-state index in [4.69, 9.17) is 11.6 Å². The zero-order chi connectivity index (χ0) is 15.8. The second-order valence-electron chi connectivity index (χ2n) is 5.74.